The normalized spacial score (nSPS) is 16.6. The van der Waals surface area contributed by atoms with Crippen molar-refractivity contribution < 1.29 is 9.47 Å². The zero-order valence-electron chi connectivity index (χ0n) is 17.4. The molecule has 1 fully saturated rings. The lowest BCUT2D eigenvalue weighted by atomic mass is 10.1. The monoisotopic (exact) mass is 416 g/mol. The van der Waals surface area contributed by atoms with E-state index < -0.39 is 0 Å². The van der Waals surface area contributed by atoms with Crippen LogP contribution in [-0.4, -0.2) is 57.4 Å². The largest absolute Gasteiger partial charge is 0.379 e. The fourth-order valence-electron chi connectivity index (χ4n) is 3.35. The number of hydrogen-bond acceptors (Lipinski definition) is 5. The Balaban J connectivity index is 1.52. The third-order valence-corrected chi connectivity index (χ3v) is 5.97. The molecule has 6 nitrogen and oxygen atoms in total. The van der Waals surface area contributed by atoms with Gasteiger partial charge in [0.1, 0.15) is 0 Å². The van der Waals surface area contributed by atoms with Crippen molar-refractivity contribution in [3.8, 4) is 0 Å². The van der Waals surface area contributed by atoms with Crippen LogP contribution in [0.3, 0.4) is 0 Å². The summed E-state index contributed by atoms with van der Waals surface area (Å²) < 4.78 is 11.0. The van der Waals surface area contributed by atoms with Gasteiger partial charge in [-0.2, -0.15) is 0 Å². The first-order valence-electron chi connectivity index (χ1n) is 10.3. The van der Waals surface area contributed by atoms with Crippen LogP contribution in [0.4, 0.5) is 0 Å². The average molecular weight is 417 g/mol. The number of nitrogens with one attached hydrogen (secondary N) is 2. The molecule has 0 bridgehead atoms. The number of ether oxygens (including phenoxy) is 2. The first-order chi connectivity index (χ1) is 14.3. The van der Waals surface area contributed by atoms with Crippen LogP contribution in [0, 0.1) is 0 Å². The Labute approximate surface area is 177 Å². The van der Waals surface area contributed by atoms with Gasteiger partial charge in [-0.05, 0) is 29.5 Å². The summed E-state index contributed by atoms with van der Waals surface area (Å²) in [4.78, 5) is 8.26. The van der Waals surface area contributed by atoms with Crippen molar-refractivity contribution in [1.82, 2.24) is 15.5 Å². The Kier molecular flexibility index (Phi) is 8.95. The lowest BCUT2D eigenvalue weighted by Gasteiger charge is -2.34. The van der Waals surface area contributed by atoms with E-state index in [1.165, 1.54) is 16.0 Å². The van der Waals surface area contributed by atoms with Gasteiger partial charge in [-0.15, -0.1) is 11.3 Å². The summed E-state index contributed by atoms with van der Waals surface area (Å²) in [6.45, 7) is 8.49. The predicted molar refractivity (Wildman–Crippen MR) is 119 cm³/mol. The van der Waals surface area contributed by atoms with Crippen LogP contribution in [0.2, 0.25) is 0 Å². The third-order valence-electron chi connectivity index (χ3n) is 5.00. The maximum Gasteiger partial charge on any atom is 0.191 e. The molecule has 1 aromatic carbocycles. The van der Waals surface area contributed by atoms with Gasteiger partial charge in [0.15, 0.2) is 5.96 Å². The minimum absolute atomic E-state index is 0.329. The second-order valence-electron chi connectivity index (χ2n) is 6.94. The molecule has 1 saturated heterocycles. The quantitative estimate of drug-likeness (QED) is 0.486. The van der Waals surface area contributed by atoms with Crippen molar-refractivity contribution >= 4 is 17.3 Å². The van der Waals surface area contributed by atoms with Crippen LogP contribution in [0.5, 0.6) is 0 Å². The zero-order valence-corrected chi connectivity index (χ0v) is 18.2. The standard InChI is InChI=1S/C22H32N4O2S/c1-3-27-17-19-8-6-18(7-9-19)15-24-22(23-2)25-16-20(21-5-4-14-29-21)26-10-12-28-13-11-26/h4-9,14,20H,3,10-13,15-17H2,1-2H3,(H2,23,24,25). The Bertz CT molecular complexity index is 728. The molecule has 1 aliphatic rings. The zero-order chi connectivity index (χ0) is 20.3. The molecule has 0 saturated carbocycles. The van der Waals surface area contributed by atoms with Crippen molar-refractivity contribution in [2.24, 2.45) is 4.99 Å². The number of rotatable bonds is 9. The fourth-order valence-corrected chi connectivity index (χ4v) is 4.21. The van der Waals surface area contributed by atoms with E-state index in [9.17, 15) is 0 Å². The van der Waals surface area contributed by atoms with E-state index in [1.54, 1.807) is 0 Å². The minimum Gasteiger partial charge on any atom is -0.379 e. The van der Waals surface area contributed by atoms with Gasteiger partial charge in [0.25, 0.3) is 0 Å². The van der Waals surface area contributed by atoms with Crippen molar-refractivity contribution in [2.45, 2.75) is 26.1 Å². The SMILES string of the molecule is CCOCc1ccc(CNC(=NC)NCC(c2cccs2)N2CCOCC2)cc1. The number of thiophene rings is 1. The van der Waals surface area contributed by atoms with Crippen LogP contribution in [0.1, 0.15) is 29.0 Å². The number of hydrogen-bond donors (Lipinski definition) is 2. The first-order valence-corrected chi connectivity index (χ1v) is 11.1. The van der Waals surface area contributed by atoms with E-state index in [0.29, 0.717) is 12.6 Å². The highest BCUT2D eigenvalue weighted by atomic mass is 32.1. The molecule has 1 unspecified atom stereocenters. The summed E-state index contributed by atoms with van der Waals surface area (Å²) in [6, 6.07) is 13.2. The van der Waals surface area contributed by atoms with E-state index in [2.05, 4.69) is 62.3 Å². The van der Waals surface area contributed by atoms with Gasteiger partial charge >= 0.3 is 0 Å². The molecule has 1 aliphatic heterocycles. The first kappa shape index (κ1) is 21.8. The van der Waals surface area contributed by atoms with Gasteiger partial charge in [0.05, 0.1) is 25.9 Å². The Hall–Kier alpha value is -1.93. The van der Waals surface area contributed by atoms with Gasteiger partial charge in [0, 0.05) is 44.7 Å². The maximum absolute atomic E-state index is 5.53. The molecule has 0 radical (unpaired) electrons. The topological polar surface area (TPSA) is 58.1 Å². The molecule has 0 aliphatic carbocycles. The molecule has 1 atom stereocenters. The van der Waals surface area contributed by atoms with Crippen molar-refractivity contribution in [3.63, 3.8) is 0 Å². The molecule has 1 aromatic heterocycles. The fraction of sp³-hybridized carbons (Fsp3) is 0.500. The second kappa shape index (κ2) is 11.9. The molecule has 0 spiro atoms. The summed E-state index contributed by atoms with van der Waals surface area (Å²) in [6.07, 6.45) is 0. The van der Waals surface area contributed by atoms with Crippen LogP contribution < -0.4 is 10.6 Å². The highest BCUT2D eigenvalue weighted by molar-refractivity contribution is 7.10. The third kappa shape index (κ3) is 6.82. The average Bonchev–Trinajstić information content (AvgIpc) is 3.30. The molecule has 29 heavy (non-hydrogen) atoms. The molecular weight excluding hydrogens is 384 g/mol. The maximum atomic E-state index is 5.53. The molecule has 158 valence electrons. The summed E-state index contributed by atoms with van der Waals surface area (Å²) in [5, 5.41) is 9.07. The number of benzene rings is 1. The van der Waals surface area contributed by atoms with Crippen LogP contribution in [0.15, 0.2) is 46.8 Å². The van der Waals surface area contributed by atoms with Crippen LogP contribution in [0.25, 0.3) is 0 Å². The Morgan fingerprint density at radius 2 is 1.93 bits per heavy atom. The Morgan fingerprint density at radius 1 is 1.17 bits per heavy atom. The predicted octanol–water partition coefficient (Wildman–Crippen LogP) is 3.02. The van der Waals surface area contributed by atoms with E-state index in [0.717, 1.165) is 52.0 Å². The summed E-state index contributed by atoms with van der Waals surface area (Å²) in [7, 11) is 1.81. The minimum atomic E-state index is 0.329. The van der Waals surface area contributed by atoms with Gasteiger partial charge in [0.2, 0.25) is 0 Å². The Morgan fingerprint density at radius 3 is 2.59 bits per heavy atom. The number of guanidine groups is 1. The van der Waals surface area contributed by atoms with Crippen molar-refractivity contribution in [2.75, 3.05) is 46.5 Å². The molecule has 7 heteroatoms. The molecule has 2 N–H and O–H groups in total. The number of aliphatic imine (C=N–C) groups is 1. The van der Waals surface area contributed by atoms with E-state index in [-0.39, 0.29) is 0 Å². The number of nitrogens with zero attached hydrogens (tertiary/aromatic N) is 2. The summed E-state index contributed by atoms with van der Waals surface area (Å²) in [5.41, 5.74) is 2.42. The highest BCUT2D eigenvalue weighted by Gasteiger charge is 2.23. The molecule has 2 aromatic rings. The van der Waals surface area contributed by atoms with Gasteiger partial charge < -0.3 is 20.1 Å². The smallest absolute Gasteiger partial charge is 0.191 e. The second-order valence-corrected chi connectivity index (χ2v) is 7.92. The van der Waals surface area contributed by atoms with Crippen LogP contribution in [-0.2, 0) is 22.6 Å². The molecule has 0 amide bonds. The lowest BCUT2D eigenvalue weighted by Crippen LogP contribution is -2.46. The lowest BCUT2D eigenvalue weighted by molar-refractivity contribution is 0.0177. The van der Waals surface area contributed by atoms with E-state index >= 15 is 0 Å². The van der Waals surface area contributed by atoms with Gasteiger partial charge in [-0.3, -0.25) is 9.89 Å². The molecule has 2 heterocycles. The van der Waals surface area contributed by atoms with Crippen molar-refractivity contribution in [1.29, 1.82) is 0 Å². The van der Waals surface area contributed by atoms with Crippen LogP contribution >= 0.6 is 11.3 Å². The van der Waals surface area contributed by atoms with Gasteiger partial charge in [-0.1, -0.05) is 30.3 Å². The van der Waals surface area contributed by atoms with Crippen molar-refractivity contribution in [3.05, 3.63) is 57.8 Å². The summed E-state index contributed by atoms with van der Waals surface area (Å²) >= 11 is 1.81. The van der Waals surface area contributed by atoms with E-state index in [1.807, 2.05) is 25.3 Å². The summed E-state index contributed by atoms with van der Waals surface area (Å²) in [5.74, 6) is 0.818. The van der Waals surface area contributed by atoms with Gasteiger partial charge in [-0.25, -0.2) is 0 Å². The highest BCUT2D eigenvalue weighted by Crippen LogP contribution is 2.25. The number of morpholine rings is 1. The molecule has 3 rings (SSSR count). The van der Waals surface area contributed by atoms with E-state index in [4.69, 9.17) is 9.47 Å². The molecular formula is C22H32N4O2S.